The summed E-state index contributed by atoms with van der Waals surface area (Å²) in [5, 5.41) is 0. The monoisotopic (exact) mass is 343 g/mol. The van der Waals surface area contributed by atoms with Crippen LogP contribution >= 0.6 is 12.4 Å². The molecule has 0 saturated carbocycles. The molecule has 0 saturated heterocycles. The molecule has 0 heterocycles. The maximum Gasteiger partial charge on any atom is 0.416 e. The van der Waals surface area contributed by atoms with Gasteiger partial charge in [-0.3, -0.25) is 0 Å². The van der Waals surface area contributed by atoms with E-state index in [2.05, 4.69) is 0 Å². The third kappa shape index (κ3) is 5.66. The van der Waals surface area contributed by atoms with Gasteiger partial charge in [-0.25, -0.2) is 8.78 Å². The summed E-state index contributed by atoms with van der Waals surface area (Å²) in [4.78, 5) is 0. The maximum atomic E-state index is 12.5. The Morgan fingerprint density at radius 3 is 1.52 bits per heavy atom. The third-order valence-electron chi connectivity index (χ3n) is 2.47. The Morgan fingerprint density at radius 1 is 0.857 bits per heavy atom. The fourth-order valence-corrected chi connectivity index (χ4v) is 1.52. The average Bonchev–Trinajstić information content (AvgIpc) is 2.25. The van der Waals surface area contributed by atoms with Crippen LogP contribution in [0.5, 0.6) is 0 Å². The van der Waals surface area contributed by atoms with Crippen molar-refractivity contribution < 1.29 is 35.1 Å². The number of rotatable bonds is 3. The summed E-state index contributed by atoms with van der Waals surface area (Å²) in [7, 11) is 0. The lowest BCUT2D eigenvalue weighted by Gasteiger charge is -2.17. The average molecular weight is 344 g/mol. The molecule has 1 aromatic carbocycles. The number of hydrogen-bond acceptors (Lipinski definition) is 1. The molecule has 1 nitrogen and oxygen atoms in total. The zero-order chi connectivity index (χ0) is 15.7. The van der Waals surface area contributed by atoms with Gasteiger partial charge in [0.25, 0.3) is 0 Å². The summed E-state index contributed by atoms with van der Waals surface area (Å²) in [5.41, 5.74) is 1.42. The number of alkyl halides is 8. The first-order valence-corrected chi connectivity index (χ1v) is 5.24. The lowest BCUT2D eigenvalue weighted by Crippen LogP contribution is -2.18. The predicted octanol–water partition coefficient (Wildman–Crippen LogP) is 4.80. The summed E-state index contributed by atoms with van der Waals surface area (Å²) in [5.74, 6) is 0. The molecular formula is C11H10ClF8N. The van der Waals surface area contributed by atoms with Crippen LogP contribution in [0.3, 0.4) is 0 Å². The lowest BCUT2D eigenvalue weighted by molar-refractivity contribution is -0.143. The molecule has 0 aliphatic rings. The fraction of sp³-hybridized carbons (Fsp3) is 0.455. The van der Waals surface area contributed by atoms with Gasteiger partial charge in [0, 0.05) is 12.5 Å². The second kappa shape index (κ2) is 6.78. The van der Waals surface area contributed by atoms with E-state index in [1.807, 2.05) is 0 Å². The van der Waals surface area contributed by atoms with Crippen LogP contribution in [0.4, 0.5) is 35.1 Å². The van der Waals surface area contributed by atoms with E-state index in [9.17, 15) is 35.1 Å². The van der Waals surface area contributed by atoms with Crippen molar-refractivity contribution in [3.8, 4) is 0 Å². The van der Waals surface area contributed by atoms with E-state index in [0.29, 0.717) is 12.1 Å². The fourth-order valence-electron chi connectivity index (χ4n) is 1.52. The van der Waals surface area contributed by atoms with Crippen molar-refractivity contribution in [2.24, 2.45) is 5.73 Å². The van der Waals surface area contributed by atoms with E-state index in [-0.39, 0.29) is 18.5 Å². The molecule has 1 aromatic rings. The normalized spacial score (nSPS) is 14.0. The zero-order valence-corrected chi connectivity index (χ0v) is 10.9. The van der Waals surface area contributed by atoms with Crippen molar-refractivity contribution in [1.82, 2.24) is 0 Å². The minimum atomic E-state index is -5.03. The van der Waals surface area contributed by atoms with E-state index < -0.39 is 47.9 Å². The molecule has 0 radical (unpaired) electrons. The molecule has 1 rings (SSSR count). The van der Waals surface area contributed by atoms with Crippen LogP contribution in [0.15, 0.2) is 18.2 Å². The van der Waals surface area contributed by atoms with Gasteiger partial charge in [-0.15, -0.1) is 12.4 Å². The Bertz CT molecular complexity index is 436. The number of benzene rings is 1. The van der Waals surface area contributed by atoms with Crippen molar-refractivity contribution in [2.45, 2.75) is 31.2 Å². The van der Waals surface area contributed by atoms with Crippen molar-refractivity contribution >= 4 is 12.4 Å². The molecule has 10 heteroatoms. The summed E-state index contributed by atoms with van der Waals surface area (Å²) in [6.07, 6.45) is -14.0. The highest BCUT2D eigenvalue weighted by atomic mass is 35.5. The first kappa shape index (κ1) is 19.9. The molecule has 0 aliphatic carbocycles. The molecule has 21 heavy (non-hydrogen) atoms. The second-order valence-electron chi connectivity index (χ2n) is 4.07. The Morgan fingerprint density at radius 2 is 1.24 bits per heavy atom. The molecule has 0 aromatic heterocycles. The van der Waals surface area contributed by atoms with Gasteiger partial charge in [0.1, 0.15) is 0 Å². The largest absolute Gasteiger partial charge is 0.416 e. The quantitative estimate of drug-likeness (QED) is 0.784. The van der Waals surface area contributed by atoms with Crippen LogP contribution in [0.1, 0.15) is 29.2 Å². The van der Waals surface area contributed by atoms with Gasteiger partial charge in [0.2, 0.25) is 6.43 Å². The highest BCUT2D eigenvalue weighted by Crippen LogP contribution is 2.37. The van der Waals surface area contributed by atoms with Crippen LogP contribution < -0.4 is 5.73 Å². The number of halogens is 9. The highest BCUT2D eigenvalue weighted by Gasteiger charge is 2.37. The molecule has 0 aliphatic heterocycles. The van der Waals surface area contributed by atoms with Gasteiger partial charge in [-0.05, 0) is 23.8 Å². The minimum absolute atomic E-state index is 0. The van der Waals surface area contributed by atoms with E-state index in [1.165, 1.54) is 0 Å². The predicted molar refractivity (Wildman–Crippen MR) is 61.2 cm³/mol. The van der Waals surface area contributed by atoms with Gasteiger partial charge >= 0.3 is 12.4 Å². The summed E-state index contributed by atoms with van der Waals surface area (Å²) < 4.78 is 99.3. The first-order valence-electron chi connectivity index (χ1n) is 5.24. The second-order valence-corrected chi connectivity index (χ2v) is 4.07. The Hall–Kier alpha value is -1.09. The molecule has 0 fully saturated rings. The van der Waals surface area contributed by atoms with Crippen molar-refractivity contribution in [1.29, 1.82) is 0 Å². The van der Waals surface area contributed by atoms with Gasteiger partial charge < -0.3 is 5.73 Å². The van der Waals surface area contributed by atoms with Crippen LogP contribution in [0.25, 0.3) is 0 Å². The minimum Gasteiger partial charge on any atom is -0.324 e. The zero-order valence-electron chi connectivity index (χ0n) is 10.1. The van der Waals surface area contributed by atoms with E-state index >= 15 is 0 Å². The van der Waals surface area contributed by atoms with Crippen molar-refractivity contribution in [3.05, 3.63) is 34.9 Å². The molecule has 0 spiro atoms. The molecule has 1 atom stereocenters. The molecule has 0 amide bonds. The smallest absolute Gasteiger partial charge is 0.324 e. The molecule has 0 unspecified atom stereocenters. The first-order chi connectivity index (χ1) is 8.91. The van der Waals surface area contributed by atoms with Crippen molar-refractivity contribution in [2.75, 3.05) is 0 Å². The molecule has 0 bridgehead atoms. The number of hydrogen-bond donors (Lipinski definition) is 1. The van der Waals surface area contributed by atoms with Crippen LogP contribution in [0, 0.1) is 0 Å². The molecule has 2 N–H and O–H groups in total. The van der Waals surface area contributed by atoms with Gasteiger partial charge in [0.15, 0.2) is 0 Å². The van der Waals surface area contributed by atoms with Gasteiger partial charge in [-0.1, -0.05) is 0 Å². The van der Waals surface area contributed by atoms with E-state index in [4.69, 9.17) is 5.73 Å². The Labute approximate surface area is 120 Å². The maximum absolute atomic E-state index is 12.5. The Kier molecular flexibility index (Phi) is 6.43. The SMILES string of the molecule is Cl.N[C@@H](CC(F)F)c1cc(C(F)(F)F)cc(C(F)(F)F)c1. The van der Waals surface area contributed by atoms with Gasteiger partial charge in [0.05, 0.1) is 11.1 Å². The Balaban J connectivity index is 0.00000400. The highest BCUT2D eigenvalue weighted by molar-refractivity contribution is 5.85. The van der Waals surface area contributed by atoms with Crippen LogP contribution in [-0.4, -0.2) is 6.43 Å². The van der Waals surface area contributed by atoms with E-state index in [1.54, 1.807) is 0 Å². The third-order valence-corrected chi connectivity index (χ3v) is 2.47. The van der Waals surface area contributed by atoms with Crippen LogP contribution in [-0.2, 0) is 12.4 Å². The summed E-state index contributed by atoms with van der Waals surface area (Å²) >= 11 is 0. The summed E-state index contributed by atoms with van der Waals surface area (Å²) in [6.45, 7) is 0. The standard InChI is InChI=1S/C11H9F8N.ClH/c12-9(13)4-8(20)5-1-6(10(14,15)16)3-7(2-5)11(17,18)19;/h1-3,8-9H,4,20H2;1H/t8-;/m0./s1. The van der Waals surface area contributed by atoms with Crippen molar-refractivity contribution in [3.63, 3.8) is 0 Å². The van der Waals surface area contributed by atoms with Crippen LogP contribution in [0.2, 0.25) is 0 Å². The lowest BCUT2D eigenvalue weighted by atomic mass is 9.98. The van der Waals surface area contributed by atoms with Gasteiger partial charge in [-0.2, -0.15) is 26.3 Å². The summed E-state index contributed by atoms with van der Waals surface area (Å²) in [6, 6.07) is -0.998. The molecular weight excluding hydrogens is 334 g/mol. The number of nitrogens with two attached hydrogens (primary N) is 1. The molecule has 122 valence electrons. The topological polar surface area (TPSA) is 26.0 Å². The van der Waals surface area contributed by atoms with E-state index in [0.717, 1.165) is 0 Å².